The number of hydrazine groups is 1. The fourth-order valence-corrected chi connectivity index (χ4v) is 3.10. The van der Waals surface area contributed by atoms with Gasteiger partial charge in [0, 0.05) is 10.3 Å². The molecule has 1 aromatic heterocycles. The van der Waals surface area contributed by atoms with Gasteiger partial charge in [0.1, 0.15) is 0 Å². The highest BCUT2D eigenvalue weighted by atomic mass is 32.2. The van der Waals surface area contributed by atoms with E-state index in [0.717, 1.165) is 21.6 Å². The summed E-state index contributed by atoms with van der Waals surface area (Å²) >= 11 is 1.51. The number of aromatic nitrogens is 2. The number of rotatable bonds is 5. The number of aromatic amines is 1. The lowest BCUT2D eigenvalue weighted by Gasteiger charge is -2.06. The van der Waals surface area contributed by atoms with Crippen LogP contribution in [0.2, 0.25) is 0 Å². The van der Waals surface area contributed by atoms with E-state index in [-0.39, 0.29) is 0 Å². The normalized spacial score (nSPS) is 10.8. The number of H-pyrrole nitrogens is 1. The van der Waals surface area contributed by atoms with Crippen molar-refractivity contribution in [3.63, 3.8) is 0 Å². The minimum absolute atomic E-state index is 0.784. The molecule has 0 radical (unpaired) electrons. The van der Waals surface area contributed by atoms with Crippen molar-refractivity contribution in [2.45, 2.75) is 4.90 Å². The maximum absolute atomic E-state index is 4.35. The Hall–Kier alpha value is -2.76. The summed E-state index contributed by atoms with van der Waals surface area (Å²) < 4.78 is 0. The molecule has 0 spiro atoms. The fourth-order valence-electron chi connectivity index (χ4n) is 2.54. The average molecular weight is 332 g/mol. The Morgan fingerprint density at radius 2 is 1.54 bits per heavy atom. The minimum Gasteiger partial charge on any atom is -0.294 e. The van der Waals surface area contributed by atoms with Crippen LogP contribution in [0.3, 0.4) is 0 Å². The molecule has 0 aliphatic carbocycles. The van der Waals surface area contributed by atoms with E-state index in [1.165, 1.54) is 23.1 Å². The van der Waals surface area contributed by atoms with E-state index in [4.69, 9.17) is 0 Å². The van der Waals surface area contributed by atoms with Gasteiger partial charge in [-0.25, -0.2) is 0 Å². The molecule has 0 saturated heterocycles. The summed E-state index contributed by atoms with van der Waals surface area (Å²) in [7, 11) is 0. The Morgan fingerprint density at radius 3 is 2.33 bits per heavy atom. The summed E-state index contributed by atoms with van der Waals surface area (Å²) in [6.07, 6.45) is 0. The van der Waals surface area contributed by atoms with Gasteiger partial charge in [-0.2, -0.15) is 9.93 Å². The number of anilines is 1. The van der Waals surface area contributed by atoms with Gasteiger partial charge >= 0.3 is 0 Å². The zero-order valence-corrected chi connectivity index (χ0v) is 13.7. The molecule has 0 atom stereocenters. The van der Waals surface area contributed by atoms with Crippen LogP contribution in [0.5, 0.6) is 0 Å². The summed E-state index contributed by atoms with van der Waals surface area (Å²) in [5.41, 5.74) is 6.53. The van der Waals surface area contributed by atoms with Crippen molar-refractivity contribution in [1.29, 1.82) is 0 Å². The molecule has 0 bridgehead atoms. The van der Waals surface area contributed by atoms with Crippen LogP contribution in [0.4, 0.5) is 5.82 Å². The van der Waals surface area contributed by atoms with Crippen molar-refractivity contribution in [2.75, 3.05) is 5.43 Å². The summed E-state index contributed by atoms with van der Waals surface area (Å²) in [5, 5.41) is 8.46. The maximum atomic E-state index is 4.35. The standard InChI is InChI=1S/C19H16N4S/c1-3-7-14(8-4-1)15-11-12-18-17(13-15)19(21-20-18)22-23-24-16-9-5-2-6-10-16/h1-13,23H,(H2,20,21,22). The number of nitrogens with one attached hydrogen (secondary N) is 3. The van der Waals surface area contributed by atoms with Gasteiger partial charge in [0.2, 0.25) is 0 Å². The molecule has 0 aliphatic rings. The monoisotopic (exact) mass is 332 g/mol. The van der Waals surface area contributed by atoms with Gasteiger partial charge in [0.15, 0.2) is 5.82 Å². The molecule has 1 heterocycles. The lowest BCUT2D eigenvalue weighted by molar-refractivity contribution is 1.08. The number of hydrogen-bond donors (Lipinski definition) is 3. The fraction of sp³-hybridized carbons (Fsp3) is 0. The van der Waals surface area contributed by atoms with Gasteiger partial charge < -0.3 is 0 Å². The lowest BCUT2D eigenvalue weighted by Crippen LogP contribution is -2.13. The number of hydrogen-bond acceptors (Lipinski definition) is 4. The maximum Gasteiger partial charge on any atom is 0.170 e. The van der Waals surface area contributed by atoms with Gasteiger partial charge in [0.25, 0.3) is 0 Å². The van der Waals surface area contributed by atoms with Crippen molar-refractivity contribution in [3.8, 4) is 11.1 Å². The highest BCUT2D eigenvalue weighted by Crippen LogP contribution is 2.27. The molecule has 118 valence electrons. The topological polar surface area (TPSA) is 52.7 Å². The molecule has 0 amide bonds. The quantitative estimate of drug-likeness (QED) is 0.361. The van der Waals surface area contributed by atoms with E-state index >= 15 is 0 Å². The van der Waals surface area contributed by atoms with Crippen molar-refractivity contribution >= 4 is 28.7 Å². The number of benzene rings is 3. The van der Waals surface area contributed by atoms with E-state index in [1.807, 2.05) is 36.4 Å². The Bertz CT molecular complexity index is 935. The highest BCUT2D eigenvalue weighted by Gasteiger charge is 2.07. The van der Waals surface area contributed by atoms with Crippen molar-refractivity contribution in [2.24, 2.45) is 0 Å². The SMILES string of the molecule is c1ccc(SNNc2n[nH]c3ccc(-c4ccccc4)cc23)cc1. The van der Waals surface area contributed by atoms with E-state index in [9.17, 15) is 0 Å². The lowest BCUT2D eigenvalue weighted by atomic mass is 10.0. The minimum atomic E-state index is 0.784. The molecule has 0 saturated carbocycles. The molecule has 5 heteroatoms. The summed E-state index contributed by atoms with van der Waals surface area (Å²) in [6.45, 7) is 0. The number of nitrogens with zero attached hydrogens (tertiary/aromatic N) is 1. The highest BCUT2D eigenvalue weighted by molar-refractivity contribution is 7.97. The van der Waals surface area contributed by atoms with E-state index in [2.05, 4.69) is 62.9 Å². The van der Waals surface area contributed by atoms with Crippen LogP contribution in [0.1, 0.15) is 0 Å². The molecular formula is C19H16N4S. The molecule has 3 N–H and O–H groups in total. The third-order valence-corrected chi connectivity index (χ3v) is 4.46. The first-order valence-electron chi connectivity index (χ1n) is 7.66. The van der Waals surface area contributed by atoms with E-state index < -0.39 is 0 Å². The summed E-state index contributed by atoms with van der Waals surface area (Å²) in [4.78, 5) is 4.27. The van der Waals surface area contributed by atoms with Crippen LogP contribution in [0.15, 0.2) is 83.8 Å². The van der Waals surface area contributed by atoms with Gasteiger partial charge in [-0.3, -0.25) is 10.5 Å². The van der Waals surface area contributed by atoms with Crippen molar-refractivity contribution in [1.82, 2.24) is 15.0 Å². The van der Waals surface area contributed by atoms with Gasteiger partial charge in [0.05, 0.1) is 5.52 Å². The summed E-state index contributed by atoms with van der Waals surface area (Å²) in [6, 6.07) is 26.8. The second-order valence-corrected chi connectivity index (χ2v) is 6.22. The van der Waals surface area contributed by atoms with Gasteiger partial charge in [-0.1, -0.05) is 54.6 Å². The van der Waals surface area contributed by atoms with Crippen LogP contribution in [0.25, 0.3) is 22.0 Å². The smallest absolute Gasteiger partial charge is 0.170 e. The predicted octanol–water partition coefficient (Wildman–Crippen LogP) is 4.85. The van der Waals surface area contributed by atoms with E-state index in [0.29, 0.717) is 0 Å². The largest absolute Gasteiger partial charge is 0.294 e. The molecule has 4 nitrogen and oxygen atoms in total. The summed E-state index contributed by atoms with van der Waals surface area (Å²) in [5.74, 6) is 0.784. The second kappa shape index (κ2) is 6.78. The Labute approximate surface area is 144 Å². The van der Waals surface area contributed by atoms with Gasteiger partial charge in [-0.15, -0.1) is 0 Å². The van der Waals surface area contributed by atoms with Crippen molar-refractivity contribution < 1.29 is 0 Å². The molecule has 0 aliphatic heterocycles. The second-order valence-electron chi connectivity index (χ2n) is 5.34. The van der Waals surface area contributed by atoms with Crippen molar-refractivity contribution in [3.05, 3.63) is 78.9 Å². The molecule has 4 aromatic rings. The zero-order chi connectivity index (χ0) is 16.2. The zero-order valence-electron chi connectivity index (χ0n) is 12.9. The first kappa shape index (κ1) is 14.8. The molecule has 4 rings (SSSR count). The first-order chi connectivity index (χ1) is 11.9. The molecule has 0 fully saturated rings. The van der Waals surface area contributed by atoms with E-state index in [1.54, 1.807) is 0 Å². The first-order valence-corrected chi connectivity index (χ1v) is 8.48. The predicted molar refractivity (Wildman–Crippen MR) is 101 cm³/mol. The van der Waals surface area contributed by atoms with Crippen LogP contribution < -0.4 is 10.3 Å². The Balaban J connectivity index is 1.55. The van der Waals surface area contributed by atoms with Crippen LogP contribution in [0, 0.1) is 0 Å². The molecule has 24 heavy (non-hydrogen) atoms. The van der Waals surface area contributed by atoms with Crippen LogP contribution in [-0.4, -0.2) is 10.2 Å². The van der Waals surface area contributed by atoms with Crippen LogP contribution in [-0.2, 0) is 0 Å². The van der Waals surface area contributed by atoms with Crippen LogP contribution >= 0.6 is 11.9 Å². The molecule has 3 aromatic carbocycles. The third kappa shape index (κ3) is 3.13. The van der Waals surface area contributed by atoms with Gasteiger partial charge in [-0.05, 0) is 47.3 Å². The average Bonchev–Trinajstić information content (AvgIpc) is 3.06. The Morgan fingerprint density at radius 1 is 0.792 bits per heavy atom. The number of fused-ring (bicyclic) bond motifs is 1. The molecule has 0 unspecified atom stereocenters. The molecular weight excluding hydrogens is 316 g/mol. The Kier molecular flexibility index (Phi) is 4.18. The third-order valence-electron chi connectivity index (χ3n) is 3.75.